The fraction of sp³-hybridized carbons (Fsp3) is 0.667. The number of aromatic nitrogens is 1. The number of aliphatic hydroxyl groups is 1. The van der Waals surface area contributed by atoms with E-state index in [1.165, 1.54) is 11.3 Å². The van der Waals surface area contributed by atoms with Gasteiger partial charge in [-0.2, -0.15) is 0 Å². The molecule has 0 radical (unpaired) electrons. The number of nitrogens with zero attached hydrogens (tertiary/aromatic N) is 2. The van der Waals surface area contributed by atoms with Crippen molar-refractivity contribution in [2.45, 2.75) is 33.3 Å². The molecule has 1 unspecified atom stereocenters. The van der Waals surface area contributed by atoms with Crippen LogP contribution in [-0.4, -0.2) is 41.7 Å². The second-order valence-electron chi connectivity index (χ2n) is 4.28. The van der Waals surface area contributed by atoms with Gasteiger partial charge in [0.2, 0.25) is 0 Å². The van der Waals surface area contributed by atoms with Crippen molar-refractivity contribution in [1.29, 1.82) is 0 Å². The third kappa shape index (κ3) is 4.36. The highest BCUT2D eigenvalue weighted by Crippen LogP contribution is 2.27. The molecule has 7 heteroatoms. The van der Waals surface area contributed by atoms with Crippen molar-refractivity contribution in [2.75, 3.05) is 30.3 Å². The number of carbonyl (C=O) groups is 1. The van der Waals surface area contributed by atoms with Crippen LogP contribution >= 0.6 is 11.3 Å². The van der Waals surface area contributed by atoms with E-state index < -0.39 is 6.10 Å². The van der Waals surface area contributed by atoms with Crippen molar-refractivity contribution in [1.82, 2.24) is 10.3 Å². The van der Waals surface area contributed by atoms with Crippen molar-refractivity contribution in [3.05, 3.63) is 4.88 Å². The molecule has 1 rings (SSSR count). The molecular formula is C12H22N4O2S. The molecule has 0 aliphatic rings. The molecule has 4 N–H and O–H groups in total. The van der Waals surface area contributed by atoms with Crippen LogP contribution in [0.15, 0.2) is 0 Å². The SMILES string of the molecule is CCN(CC)c1nc(N)c(C(=O)NCCC(C)O)s1. The number of nitrogens with one attached hydrogen (secondary N) is 1. The minimum absolute atomic E-state index is 0.228. The lowest BCUT2D eigenvalue weighted by Crippen LogP contribution is -2.26. The summed E-state index contributed by atoms with van der Waals surface area (Å²) >= 11 is 1.30. The number of hydrogen-bond donors (Lipinski definition) is 3. The Bertz CT molecular complexity index is 416. The molecule has 1 aromatic rings. The van der Waals surface area contributed by atoms with Gasteiger partial charge in [0.1, 0.15) is 10.7 Å². The summed E-state index contributed by atoms with van der Waals surface area (Å²) < 4.78 is 0. The zero-order chi connectivity index (χ0) is 14.4. The number of carbonyl (C=O) groups excluding carboxylic acids is 1. The van der Waals surface area contributed by atoms with Crippen LogP contribution < -0.4 is 16.0 Å². The first-order valence-corrected chi connectivity index (χ1v) is 7.28. The lowest BCUT2D eigenvalue weighted by atomic mass is 10.3. The molecule has 0 aromatic carbocycles. The summed E-state index contributed by atoms with van der Waals surface area (Å²) in [5.74, 6) is 0.0375. The molecule has 0 spiro atoms. The number of amides is 1. The molecular weight excluding hydrogens is 264 g/mol. The fourth-order valence-electron chi connectivity index (χ4n) is 1.59. The fourth-order valence-corrected chi connectivity index (χ4v) is 2.62. The molecule has 19 heavy (non-hydrogen) atoms. The van der Waals surface area contributed by atoms with Crippen LogP contribution in [0, 0.1) is 0 Å². The number of nitrogen functional groups attached to an aromatic ring is 1. The summed E-state index contributed by atoms with van der Waals surface area (Å²) in [6.45, 7) is 7.83. The van der Waals surface area contributed by atoms with Crippen molar-refractivity contribution in [3.63, 3.8) is 0 Å². The summed E-state index contributed by atoms with van der Waals surface area (Å²) in [4.78, 5) is 18.7. The number of rotatable bonds is 7. The Labute approximate surface area is 117 Å². The quantitative estimate of drug-likeness (QED) is 0.697. The van der Waals surface area contributed by atoms with Gasteiger partial charge in [-0.1, -0.05) is 11.3 Å². The van der Waals surface area contributed by atoms with E-state index in [0.717, 1.165) is 18.2 Å². The van der Waals surface area contributed by atoms with Crippen molar-refractivity contribution >= 4 is 28.2 Å². The number of thiazole rings is 1. The Morgan fingerprint density at radius 3 is 2.68 bits per heavy atom. The second-order valence-corrected chi connectivity index (χ2v) is 5.25. The van der Waals surface area contributed by atoms with Crippen LogP contribution in [0.1, 0.15) is 36.9 Å². The lowest BCUT2D eigenvalue weighted by Gasteiger charge is -2.16. The smallest absolute Gasteiger partial charge is 0.265 e. The minimum Gasteiger partial charge on any atom is -0.393 e. The van der Waals surface area contributed by atoms with Gasteiger partial charge in [0.15, 0.2) is 5.13 Å². The average molecular weight is 286 g/mol. The predicted molar refractivity (Wildman–Crippen MR) is 78.7 cm³/mol. The summed E-state index contributed by atoms with van der Waals surface area (Å²) in [5, 5.41) is 12.6. The second kappa shape index (κ2) is 7.30. The summed E-state index contributed by atoms with van der Waals surface area (Å²) in [6.07, 6.45) is 0.0956. The summed E-state index contributed by atoms with van der Waals surface area (Å²) in [7, 11) is 0. The van der Waals surface area contributed by atoms with Gasteiger partial charge in [0.05, 0.1) is 6.10 Å². The first-order chi connectivity index (χ1) is 8.99. The van der Waals surface area contributed by atoms with Crippen LogP contribution in [0.3, 0.4) is 0 Å². The molecule has 1 amide bonds. The van der Waals surface area contributed by atoms with E-state index in [4.69, 9.17) is 10.8 Å². The molecule has 0 aliphatic carbocycles. The van der Waals surface area contributed by atoms with Crippen molar-refractivity contribution < 1.29 is 9.90 Å². The van der Waals surface area contributed by atoms with Crippen LogP contribution in [0.4, 0.5) is 10.9 Å². The van der Waals surface area contributed by atoms with E-state index >= 15 is 0 Å². The van der Waals surface area contributed by atoms with E-state index in [1.54, 1.807) is 6.92 Å². The number of aliphatic hydroxyl groups excluding tert-OH is 1. The zero-order valence-electron chi connectivity index (χ0n) is 11.6. The molecule has 0 saturated heterocycles. The Kier molecular flexibility index (Phi) is 6.04. The van der Waals surface area contributed by atoms with Crippen molar-refractivity contribution in [3.8, 4) is 0 Å². The standard InChI is InChI=1S/C12H22N4O2S/c1-4-16(5-2)12-15-10(13)9(19-12)11(18)14-7-6-8(3)17/h8,17H,4-7,13H2,1-3H3,(H,14,18). The highest BCUT2D eigenvalue weighted by atomic mass is 32.1. The first kappa shape index (κ1) is 15.7. The largest absolute Gasteiger partial charge is 0.393 e. The molecule has 108 valence electrons. The molecule has 1 atom stereocenters. The Balaban J connectivity index is 2.70. The lowest BCUT2D eigenvalue weighted by molar-refractivity contribution is 0.0950. The summed E-state index contributed by atoms with van der Waals surface area (Å²) in [5.41, 5.74) is 5.78. The Morgan fingerprint density at radius 2 is 2.16 bits per heavy atom. The monoisotopic (exact) mass is 286 g/mol. The normalized spacial score (nSPS) is 12.2. The van der Waals surface area contributed by atoms with Crippen LogP contribution in [0.25, 0.3) is 0 Å². The zero-order valence-corrected chi connectivity index (χ0v) is 12.5. The predicted octanol–water partition coefficient (Wildman–Crippen LogP) is 1.07. The van der Waals surface area contributed by atoms with Crippen LogP contribution in [0.5, 0.6) is 0 Å². The maximum absolute atomic E-state index is 11.9. The van der Waals surface area contributed by atoms with E-state index in [1.807, 2.05) is 18.7 Å². The average Bonchev–Trinajstić information content (AvgIpc) is 2.72. The maximum Gasteiger partial charge on any atom is 0.265 e. The Hall–Kier alpha value is -1.34. The van der Waals surface area contributed by atoms with Gasteiger partial charge in [-0.25, -0.2) is 4.98 Å². The third-order valence-corrected chi connectivity index (χ3v) is 3.86. The van der Waals surface area contributed by atoms with E-state index in [9.17, 15) is 4.79 Å². The molecule has 6 nitrogen and oxygen atoms in total. The molecule has 0 fully saturated rings. The molecule has 0 bridgehead atoms. The van der Waals surface area contributed by atoms with E-state index in [2.05, 4.69) is 10.3 Å². The number of anilines is 2. The summed E-state index contributed by atoms with van der Waals surface area (Å²) in [6, 6.07) is 0. The number of nitrogens with two attached hydrogens (primary N) is 1. The third-order valence-electron chi connectivity index (χ3n) is 2.73. The van der Waals surface area contributed by atoms with Crippen LogP contribution in [0.2, 0.25) is 0 Å². The van der Waals surface area contributed by atoms with E-state index in [-0.39, 0.29) is 11.7 Å². The van der Waals surface area contributed by atoms with Gasteiger partial charge < -0.3 is 21.1 Å². The van der Waals surface area contributed by atoms with Gasteiger partial charge in [0.25, 0.3) is 5.91 Å². The molecule has 0 saturated carbocycles. The topological polar surface area (TPSA) is 91.5 Å². The first-order valence-electron chi connectivity index (χ1n) is 6.47. The van der Waals surface area contributed by atoms with E-state index in [0.29, 0.717) is 17.8 Å². The van der Waals surface area contributed by atoms with Crippen LogP contribution in [-0.2, 0) is 0 Å². The van der Waals surface area contributed by atoms with Gasteiger partial charge >= 0.3 is 0 Å². The highest BCUT2D eigenvalue weighted by molar-refractivity contribution is 7.18. The van der Waals surface area contributed by atoms with Gasteiger partial charge in [-0.3, -0.25) is 4.79 Å². The van der Waals surface area contributed by atoms with Gasteiger partial charge in [-0.05, 0) is 27.2 Å². The molecule has 1 aromatic heterocycles. The minimum atomic E-state index is -0.426. The van der Waals surface area contributed by atoms with Crippen molar-refractivity contribution in [2.24, 2.45) is 0 Å². The van der Waals surface area contributed by atoms with Gasteiger partial charge in [-0.15, -0.1) is 0 Å². The number of hydrogen-bond acceptors (Lipinski definition) is 6. The Morgan fingerprint density at radius 1 is 1.53 bits per heavy atom. The molecule has 1 heterocycles. The van der Waals surface area contributed by atoms with Gasteiger partial charge in [0, 0.05) is 19.6 Å². The highest BCUT2D eigenvalue weighted by Gasteiger charge is 2.18. The maximum atomic E-state index is 11.9. The molecule has 0 aliphatic heterocycles.